The van der Waals surface area contributed by atoms with Crippen molar-refractivity contribution in [2.24, 2.45) is 5.92 Å². The van der Waals surface area contributed by atoms with Gasteiger partial charge in [0.25, 0.3) is 11.8 Å². The molecule has 0 aromatic heterocycles. The molecule has 165 valence electrons. The summed E-state index contributed by atoms with van der Waals surface area (Å²) in [5, 5.41) is 7.91. The molecular weight excluding hydrogens is 400 g/mol. The van der Waals surface area contributed by atoms with Crippen LogP contribution in [0.25, 0.3) is 0 Å². The Labute approximate surface area is 181 Å². The second-order valence-corrected chi connectivity index (χ2v) is 7.62. The minimum absolute atomic E-state index is 0.0756. The van der Waals surface area contributed by atoms with Crippen LogP contribution in [0.5, 0.6) is 0 Å². The third kappa shape index (κ3) is 6.77. The Morgan fingerprint density at radius 3 is 2.06 bits per heavy atom. The number of hydrogen-bond acceptors (Lipinski definition) is 5. The predicted molar refractivity (Wildman–Crippen MR) is 114 cm³/mol. The lowest BCUT2D eigenvalue weighted by atomic mass is 10.0. The molecule has 1 heterocycles. The Morgan fingerprint density at radius 1 is 0.935 bits per heavy atom. The second kappa shape index (κ2) is 10.5. The molecule has 9 heteroatoms. The average Bonchev–Trinajstić information content (AvgIpc) is 3.03. The predicted octanol–water partition coefficient (Wildman–Crippen LogP) is 0.768. The summed E-state index contributed by atoms with van der Waals surface area (Å²) in [7, 11) is 0. The molecule has 1 aliphatic heterocycles. The van der Waals surface area contributed by atoms with Gasteiger partial charge in [0.1, 0.15) is 12.1 Å². The van der Waals surface area contributed by atoms with Crippen LogP contribution in [-0.2, 0) is 24.0 Å². The van der Waals surface area contributed by atoms with Crippen molar-refractivity contribution in [1.29, 1.82) is 0 Å². The van der Waals surface area contributed by atoms with Gasteiger partial charge in [0.05, 0.1) is 0 Å². The largest absolute Gasteiger partial charge is 0.344 e. The first kappa shape index (κ1) is 23.8. The fourth-order valence-corrected chi connectivity index (χ4v) is 2.85. The van der Waals surface area contributed by atoms with Gasteiger partial charge in [0.2, 0.25) is 17.7 Å². The van der Waals surface area contributed by atoms with Crippen LogP contribution in [0.1, 0.15) is 32.8 Å². The van der Waals surface area contributed by atoms with Gasteiger partial charge in [-0.2, -0.15) is 0 Å². The highest BCUT2D eigenvalue weighted by Gasteiger charge is 2.28. The van der Waals surface area contributed by atoms with E-state index >= 15 is 0 Å². The number of imide groups is 1. The van der Waals surface area contributed by atoms with Crippen LogP contribution in [0.4, 0.5) is 5.69 Å². The lowest BCUT2D eigenvalue weighted by molar-refractivity contribution is -0.137. The Hall–Kier alpha value is -3.49. The molecule has 0 unspecified atom stereocenters. The molecular formula is C22H27N4O5. The lowest BCUT2D eigenvalue weighted by Gasteiger charge is -2.24. The van der Waals surface area contributed by atoms with Crippen molar-refractivity contribution in [3.8, 4) is 0 Å². The number of benzene rings is 1. The molecule has 5 amide bonds. The number of nitrogens with zero attached hydrogens (tertiary/aromatic N) is 1. The molecule has 1 radical (unpaired) electrons. The van der Waals surface area contributed by atoms with Gasteiger partial charge >= 0.3 is 0 Å². The summed E-state index contributed by atoms with van der Waals surface area (Å²) >= 11 is 0. The van der Waals surface area contributed by atoms with Gasteiger partial charge in [-0.15, -0.1) is 0 Å². The fourth-order valence-electron chi connectivity index (χ4n) is 2.85. The van der Waals surface area contributed by atoms with Gasteiger partial charge in [0, 0.05) is 30.8 Å². The quantitative estimate of drug-likeness (QED) is 0.502. The molecule has 0 bridgehead atoms. The molecule has 2 atom stereocenters. The topological polar surface area (TPSA) is 125 Å². The maximum absolute atomic E-state index is 12.7. The van der Waals surface area contributed by atoms with Crippen molar-refractivity contribution >= 4 is 35.2 Å². The molecule has 31 heavy (non-hydrogen) atoms. The zero-order valence-electron chi connectivity index (χ0n) is 17.8. The van der Waals surface area contributed by atoms with E-state index in [0.29, 0.717) is 5.69 Å². The van der Waals surface area contributed by atoms with Crippen LogP contribution in [0.15, 0.2) is 36.4 Å². The van der Waals surface area contributed by atoms with Crippen molar-refractivity contribution in [1.82, 2.24) is 15.5 Å². The van der Waals surface area contributed by atoms with E-state index in [1.165, 1.54) is 0 Å². The highest BCUT2D eigenvalue weighted by Crippen LogP contribution is 2.10. The fraction of sp³-hybridized carbons (Fsp3) is 0.364. The molecule has 9 nitrogen and oxygen atoms in total. The van der Waals surface area contributed by atoms with Crippen molar-refractivity contribution in [3.05, 3.63) is 48.9 Å². The van der Waals surface area contributed by atoms with Gasteiger partial charge in [0.15, 0.2) is 0 Å². The Morgan fingerprint density at radius 2 is 1.52 bits per heavy atom. The van der Waals surface area contributed by atoms with Crippen LogP contribution < -0.4 is 16.0 Å². The first-order valence-corrected chi connectivity index (χ1v) is 9.94. The summed E-state index contributed by atoms with van der Waals surface area (Å²) in [4.78, 5) is 61.3. The molecule has 3 N–H and O–H groups in total. The molecule has 0 aliphatic carbocycles. The van der Waals surface area contributed by atoms with E-state index in [0.717, 1.165) is 22.6 Å². The SMILES string of the molecule is [CH2]c1ccc(NC(=O)[C@H](C)NC(=O)[C@@H](NC(=O)CCN2C(=O)C=CC2=O)C(C)C)cc1. The van der Waals surface area contributed by atoms with E-state index in [4.69, 9.17) is 0 Å². The van der Waals surface area contributed by atoms with Crippen LogP contribution in [0.3, 0.4) is 0 Å². The summed E-state index contributed by atoms with van der Waals surface area (Å²) in [6, 6.07) is 5.20. The average molecular weight is 427 g/mol. The van der Waals surface area contributed by atoms with Gasteiger partial charge in [-0.1, -0.05) is 26.0 Å². The van der Waals surface area contributed by atoms with Crippen molar-refractivity contribution in [2.45, 2.75) is 39.3 Å². The van der Waals surface area contributed by atoms with Gasteiger partial charge in [-0.05, 0) is 37.5 Å². The smallest absolute Gasteiger partial charge is 0.253 e. The minimum atomic E-state index is -0.878. The monoisotopic (exact) mass is 427 g/mol. The molecule has 1 aromatic carbocycles. The third-order valence-electron chi connectivity index (χ3n) is 4.70. The Kier molecular flexibility index (Phi) is 8.07. The number of nitrogens with one attached hydrogen (secondary N) is 3. The molecule has 0 fully saturated rings. The van der Waals surface area contributed by atoms with E-state index in [1.807, 2.05) is 0 Å². The third-order valence-corrected chi connectivity index (χ3v) is 4.70. The lowest BCUT2D eigenvalue weighted by Crippen LogP contribution is -2.54. The van der Waals surface area contributed by atoms with Crippen molar-refractivity contribution < 1.29 is 24.0 Å². The molecule has 0 saturated carbocycles. The Balaban J connectivity index is 1.87. The number of carbonyl (C=O) groups is 5. The highest BCUT2D eigenvalue weighted by atomic mass is 16.2. The van der Waals surface area contributed by atoms with Crippen molar-refractivity contribution in [3.63, 3.8) is 0 Å². The van der Waals surface area contributed by atoms with E-state index < -0.39 is 41.6 Å². The van der Waals surface area contributed by atoms with E-state index in [2.05, 4.69) is 22.9 Å². The molecule has 1 aromatic rings. The number of anilines is 1. The van der Waals surface area contributed by atoms with Gasteiger partial charge in [-0.25, -0.2) is 0 Å². The number of hydrogen-bond donors (Lipinski definition) is 3. The van der Waals surface area contributed by atoms with Crippen LogP contribution in [0.2, 0.25) is 0 Å². The first-order chi connectivity index (χ1) is 14.6. The Bertz CT molecular complexity index is 874. The summed E-state index contributed by atoms with van der Waals surface area (Å²) in [5.41, 5.74) is 1.39. The van der Waals surface area contributed by atoms with Crippen LogP contribution >= 0.6 is 0 Å². The van der Waals surface area contributed by atoms with Gasteiger partial charge in [-0.3, -0.25) is 28.9 Å². The highest BCUT2D eigenvalue weighted by molar-refractivity contribution is 6.13. The summed E-state index contributed by atoms with van der Waals surface area (Å²) in [6.45, 7) is 8.75. The molecule has 0 spiro atoms. The van der Waals surface area contributed by atoms with Crippen molar-refractivity contribution in [2.75, 3.05) is 11.9 Å². The normalized spacial score (nSPS) is 15.1. The molecule has 1 aliphatic rings. The minimum Gasteiger partial charge on any atom is -0.344 e. The second-order valence-electron chi connectivity index (χ2n) is 7.62. The maximum Gasteiger partial charge on any atom is 0.253 e. The maximum atomic E-state index is 12.7. The van der Waals surface area contributed by atoms with E-state index in [1.54, 1.807) is 45.0 Å². The number of rotatable bonds is 9. The van der Waals surface area contributed by atoms with Crippen LogP contribution in [-0.4, -0.2) is 53.1 Å². The molecule has 2 rings (SSSR count). The number of carbonyl (C=O) groups excluding carboxylic acids is 5. The van der Waals surface area contributed by atoms with Gasteiger partial charge < -0.3 is 16.0 Å². The molecule has 0 saturated heterocycles. The summed E-state index contributed by atoms with van der Waals surface area (Å²) in [6.07, 6.45) is 2.16. The van der Waals surface area contributed by atoms with E-state index in [9.17, 15) is 24.0 Å². The zero-order valence-corrected chi connectivity index (χ0v) is 17.8. The summed E-state index contributed by atoms with van der Waals surface area (Å²) < 4.78 is 0. The first-order valence-electron chi connectivity index (χ1n) is 9.94. The van der Waals surface area contributed by atoms with Crippen LogP contribution in [0, 0.1) is 12.8 Å². The standard InChI is InChI=1S/C22H27N4O5/c1-13(2)20(25-17(27)11-12-26-18(28)9-10-19(26)29)22(31)23-15(4)21(30)24-16-7-5-14(3)6-8-16/h5-10,13,15,20H,3,11-12H2,1-2,4H3,(H,23,31)(H,24,30)(H,25,27)/t15-,20-/m0/s1. The van der Waals surface area contributed by atoms with E-state index in [-0.39, 0.29) is 18.9 Å². The zero-order chi connectivity index (χ0) is 23.1. The summed E-state index contributed by atoms with van der Waals surface area (Å²) in [5.74, 6) is -2.58. The number of amides is 5.